The summed E-state index contributed by atoms with van der Waals surface area (Å²) in [6.07, 6.45) is 0. The first-order valence-corrected chi connectivity index (χ1v) is 6.53. The minimum Gasteiger partial charge on any atom is -0.478 e. The highest BCUT2D eigenvalue weighted by molar-refractivity contribution is 5.89. The van der Waals surface area contributed by atoms with Crippen LogP contribution in [0.4, 0.5) is 5.82 Å². The van der Waals surface area contributed by atoms with Crippen LogP contribution in [0, 0.1) is 5.92 Å². The van der Waals surface area contributed by atoms with Gasteiger partial charge < -0.3 is 16.2 Å². The van der Waals surface area contributed by atoms with Gasteiger partial charge >= 0.3 is 5.97 Å². The zero-order valence-corrected chi connectivity index (χ0v) is 12.2. The Labute approximate surface area is 118 Å². The Bertz CT molecular complexity index is 512. The Balaban J connectivity index is 3.16. The highest BCUT2D eigenvalue weighted by atomic mass is 16.4. The summed E-state index contributed by atoms with van der Waals surface area (Å²) in [6, 6.07) is 2.35. The van der Waals surface area contributed by atoms with Crippen LogP contribution >= 0.6 is 0 Å². The summed E-state index contributed by atoms with van der Waals surface area (Å²) in [6.45, 7) is 7.55. The molecule has 110 valence electrons. The molecular formula is C14H21N3O3. The molecule has 1 atom stereocenters. The molecule has 0 aromatic carbocycles. The second-order valence-corrected chi connectivity index (χ2v) is 5.39. The summed E-state index contributed by atoms with van der Waals surface area (Å²) in [5, 5.41) is 12.0. The molecule has 1 aromatic heterocycles. The minimum absolute atomic E-state index is 0.0229. The van der Waals surface area contributed by atoms with Gasteiger partial charge in [0.25, 0.3) is 0 Å². The first-order chi connectivity index (χ1) is 9.22. The number of hydrogen-bond acceptors (Lipinski definition) is 4. The summed E-state index contributed by atoms with van der Waals surface area (Å²) >= 11 is 0. The molecule has 0 spiro atoms. The molecule has 6 nitrogen and oxygen atoms in total. The molecule has 0 aliphatic rings. The van der Waals surface area contributed by atoms with Crippen LogP contribution in [-0.4, -0.2) is 28.0 Å². The van der Waals surface area contributed by atoms with Crippen LogP contribution in [0.2, 0.25) is 0 Å². The van der Waals surface area contributed by atoms with E-state index in [0.717, 1.165) is 0 Å². The molecular weight excluding hydrogens is 258 g/mol. The van der Waals surface area contributed by atoms with E-state index in [-0.39, 0.29) is 17.4 Å². The normalized spacial score (nSPS) is 12.5. The molecule has 0 aliphatic carbocycles. The molecule has 0 radical (unpaired) electrons. The van der Waals surface area contributed by atoms with Crippen LogP contribution in [0.1, 0.15) is 49.7 Å². The van der Waals surface area contributed by atoms with Gasteiger partial charge in [-0.05, 0) is 24.0 Å². The van der Waals surface area contributed by atoms with E-state index in [1.807, 2.05) is 27.7 Å². The van der Waals surface area contributed by atoms with E-state index in [1.165, 1.54) is 12.1 Å². The van der Waals surface area contributed by atoms with E-state index >= 15 is 0 Å². The number of aromatic carboxylic acids is 1. The van der Waals surface area contributed by atoms with Gasteiger partial charge in [-0.3, -0.25) is 4.79 Å². The number of pyridine rings is 1. The van der Waals surface area contributed by atoms with Gasteiger partial charge in [-0.1, -0.05) is 27.7 Å². The van der Waals surface area contributed by atoms with Crippen molar-refractivity contribution in [1.29, 1.82) is 0 Å². The lowest BCUT2D eigenvalue weighted by atomic mass is 10.0. The predicted octanol–water partition coefficient (Wildman–Crippen LogP) is 1.83. The van der Waals surface area contributed by atoms with Gasteiger partial charge in [-0.15, -0.1) is 0 Å². The Morgan fingerprint density at radius 2 is 1.85 bits per heavy atom. The number of carbonyl (C=O) groups excluding carboxylic acids is 1. The lowest BCUT2D eigenvalue weighted by Crippen LogP contribution is -2.39. The average Bonchev–Trinajstić information content (AvgIpc) is 2.34. The SMILES string of the molecule is CC(C)c1cc(C(=O)O)cc(NC(C(N)=O)C(C)C)n1. The number of rotatable bonds is 6. The largest absolute Gasteiger partial charge is 0.478 e. The van der Waals surface area contributed by atoms with E-state index in [0.29, 0.717) is 11.5 Å². The number of nitrogens with one attached hydrogen (secondary N) is 1. The number of carbonyl (C=O) groups is 2. The van der Waals surface area contributed by atoms with Crippen molar-refractivity contribution in [1.82, 2.24) is 4.98 Å². The standard InChI is InChI=1S/C14H21N3O3/c1-7(2)10-5-9(14(19)20)6-11(16-10)17-12(8(3)4)13(15)18/h5-8,12H,1-4H3,(H2,15,18)(H,16,17)(H,19,20). The Morgan fingerprint density at radius 1 is 1.25 bits per heavy atom. The summed E-state index contributed by atoms with van der Waals surface area (Å²) < 4.78 is 0. The molecule has 1 rings (SSSR count). The van der Waals surface area contributed by atoms with Crippen LogP contribution in [0.15, 0.2) is 12.1 Å². The number of carboxylic acids is 1. The lowest BCUT2D eigenvalue weighted by Gasteiger charge is -2.20. The third-order valence-corrected chi connectivity index (χ3v) is 2.96. The van der Waals surface area contributed by atoms with Crippen LogP contribution < -0.4 is 11.1 Å². The molecule has 1 heterocycles. The van der Waals surface area contributed by atoms with E-state index in [1.54, 1.807) is 0 Å². The number of primary amides is 1. The van der Waals surface area contributed by atoms with Crippen LogP contribution in [0.5, 0.6) is 0 Å². The highest BCUT2D eigenvalue weighted by Crippen LogP contribution is 2.19. The summed E-state index contributed by atoms with van der Waals surface area (Å²) in [4.78, 5) is 26.9. The van der Waals surface area contributed by atoms with Gasteiger partial charge in [0.1, 0.15) is 11.9 Å². The monoisotopic (exact) mass is 279 g/mol. The van der Waals surface area contributed by atoms with Gasteiger partial charge in [0.05, 0.1) is 5.56 Å². The molecule has 1 unspecified atom stereocenters. The Hall–Kier alpha value is -2.11. The molecule has 0 saturated heterocycles. The molecule has 4 N–H and O–H groups in total. The fraction of sp³-hybridized carbons (Fsp3) is 0.500. The second kappa shape index (κ2) is 6.36. The quantitative estimate of drug-likeness (QED) is 0.736. The molecule has 0 saturated carbocycles. The number of carboxylic acid groups (broad SMARTS) is 1. The minimum atomic E-state index is -1.03. The lowest BCUT2D eigenvalue weighted by molar-refractivity contribution is -0.119. The molecule has 6 heteroatoms. The number of anilines is 1. The first-order valence-electron chi connectivity index (χ1n) is 6.53. The van der Waals surface area contributed by atoms with Crippen LogP contribution in [-0.2, 0) is 4.79 Å². The van der Waals surface area contributed by atoms with E-state index < -0.39 is 17.9 Å². The average molecular weight is 279 g/mol. The van der Waals surface area contributed by atoms with Crippen LogP contribution in [0.25, 0.3) is 0 Å². The van der Waals surface area contributed by atoms with Crippen molar-refractivity contribution >= 4 is 17.7 Å². The summed E-state index contributed by atoms with van der Waals surface area (Å²) in [7, 11) is 0. The summed E-state index contributed by atoms with van der Waals surface area (Å²) in [5.74, 6) is -1.11. The van der Waals surface area contributed by atoms with E-state index in [9.17, 15) is 9.59 Å². The summed E-state index contributed by atoms with van der Waals surface area (Å²) in [5.41, 5.74) is 6.13. The Kier molecular flexibility index (Phi) is 5.07. The van der Waals surface area contributed by atoms with Crippen molar-refractivity contribution < 1.29 is 14.7 Å². The maximum Gasteiger partial charge on any atom is 0.335 e. The molecule has 1 amide bonds. The number of nitrogens with two attached hydrogens (primary N) is 1. The topological polar surface area (TPSA) is 105 Å². The van der Waals surface area contributed by atoms with Crippen molar-refractivity contribution in [2.45, 2.75) is 39.7 Å². The highest BCUT2D eigenvalue weighted by Gasteiger charge is 2.21. The maximum absolute atomic E-state index is 11.4. The molecule has 0 aliphatic heterocycles. The zero-order chi connectivity index (χ0) is 15.4. The molecule has 0 fully saturated rings. The van der Waals surface area contributed by atoms with Crippen molar-refractivity contribution in [2.24, 2.45) is 11.7 Å². The maximum atomic E-state index is 11.4. The van der Waals surface area contributed by atoms with Gasteiger partial charge in [-0.2, -0.15) is 0 Å². The first kappa shape index (κ1) is 15.9. The third-order valence-electron chi connectivity index (χ3n) is 2.96. The van der Waals surface area contributed by atoms with Gasteiger partial charge in [0.2, 0.25) is 5.91 Å². The van der Waals surface area contributed by atoms with Gasteiger partial charge in [0.15, 0.2) is 0 Å². The Morgan fingerprint density at radius 3 is 2.25 bits per heavy atom. The molecule has 1 aromatic rings. The van der Waals surface area contributed by atoms with Crippen molar-refractivity contribution in [3.63, 3.8) is 0 Å². The van der Waals surface area contributed by atoms with Crippen molar-refractivity contribution in [3.05, 3.63) is 23.4 Å². The smallest absolute Gasteiger partial charge is 0.335 e. The van der Waals surface area contributed by atoms with Gasteiger partial charge in [0, 0.05) is 5.69 Å². The van der Waals surface area contributed by atoms with Crippen molar-refractivity contribution in [3.8, 4) is 0 Å². The van der Waals surface area contributed by atoms with E-state index in [2.05, 4.69) is 10.3 Å². The van der Waals surface area contributed by atoms with Gasteiger partial charge in [-0.25, -0.2) is 9.78 Å². The molecule has 20 heavy (non-hydrogen) atoms. The van der Waals surface area contributed by atoms with Crippen molar-refractivity contribution in [2.75, 3.05) is 5.32 Å². The number of nitrogens with zero attached hydrogens (tertiary/aromatic N) is 1. The zero-order valence-electron chi connectivity index (χ0n) is 12.2. The van der Waals surface area contributed by atoms with Crippen LogP contribution in [0.3, 0.4) is 0 Å². The van der Waals surface area contributed by atoms with E-state index in [4.69, 9.17) is 10.8 Å². The number of amides is 1. The fourth-order valence-electron chi connectivity index (χ4n) is 1.77. The number of hydrogen-bond donors (Lipinski definition) is 3. The fourth-order valence-corrected chi connectivity index (χ4v) is 1.77. The third kappa shape index (κ3) is 3.94. The molecule has 0 bridgehead atoms. The second-order valence-electron chi connectivity index (χ2n) is 5.39. The predicted molar refractivity (Wildman–Crippen MR) is 76.7 cm³/mol. The number of aromatic nitrogens is 1.